The number of rotatable bonds is 6. The van der Waals surface area contributed by atoms with E-state index in [-0.39, 0.29) is 17.5 Å². The number of carbonyl (C=O) groups excluding carboxylic acids is 1. The number of aromatic nitrogens is 3. The fraction of sp³-hybridized carbons (Fsp3) is 0.321. The van der Waals surface area contributed by atoms with E-state index in [1.165, 1.54) is 12.1 Å². The summed E-state index contributed by atoms with van der Waals surface area (Å²) in [6.07, 6.45) is 5.22. The van der Waals surface area contributed by atoms with Crippen molar-refractivity contribution in [1.82, 2.24) is 20.5 Å². The van der Waals surface area contributed by atoms with E-state index >= 15 is 0 Å². The summed E-state index contributed by atoms with van der Waals surface area (Å²) in [4.78, 5) is 20.2. The summed E-state index contributed by atoms with van der Waals surface area (Å²) in [6, 6.07) is 20.1. The summed E-state index contributed by atoms with van der Waals surface area (Å²) in [6.45, 7) is 2.73. The summed E-state index contributed by atoms with van der Waals surface area (Å²) in [5, 5.41) is 11.9. The molecule has 2 aromatic carbocycles. The fourth-order valence-corrected chi connectivity index (χ4v) is 5.40. The third-order valence-electron chi connectivity index (χ3n) is 7.78. The van der Waals surface area contributed by atoms with Gasteiger partial charge in [0.25, 0.3) is 5.91 Å². The maximum Gasteiger partial charge on any atom is 0.251 e. The molecule has 2 N–H and O–H groups in total. The molecule has 7 rings (SSSR count). The summed E-state index contributed by atoms with van der Waals surface area (Å²) < 4.78 is 5.47. The van der Waals surface area contributed by atoms with E-state index in [1.807, 2.05) is 36.4 Å². The van der Waals surface area contributed by atoms with Gasteiger partial charge in [-0.2, -0.15) is 5.10 Å². The van der Waals surface area contributed by atoms with Crippen LogP contribution in [-0.4, -0.2) is 46.4 Å². The number of aromatic amines is 1. The number of amides is 1. The minimum atomic E-state index is -0.0808. The third kappa shape index (κ3) is 3.49. The Morgan fingerprint density at radius 2 is 1.97 bits per heavy atom. The van der Waals surface area contributed by atoms with E-state index in [0.29, 0.717) is 11.5 Å². The molecule has 0 unspecified atom stereocenters. The molecule has 4 aromatic rings. The number of carbonyl (C=O) groups is 1. The van der Waals surface area contributed by atoms with Crippen LogP contribution < -0.4 is 10.2 Å². The molecule has 7 heteroatoms. The molecule has 7 nitrogen and oxygen atoms in total. The second-order valence-electron chi connectivity index (χ2n) is 10.0. The van der Waals surface area contributed by atoms with E-state index in [9.17, 15) is 4.79 Å². The minimum Gasteiger partial charge on any atom is -0.376 e. The van der Waals surface area contributed by atoms with Crippen LogP contribution in [0, 0.1) is 5.92 Å². The van der Waals surface area contributed by atoms with Gasteiger partial charge in [0.15, 0.2) is 0 Å². The molecule has 1 aliphatic carbocycles. The van der Waals surface area contributed by atoms with E-state index in [4.69, 9.17) is 4.74 Å². The number of benzene rings is 2. The van der Waals surface area contributed by atoms with Crippen LogP contribution in [0.15, 0.2) is 66.9 Å². The van der Waals surface area contributed by atoms with Gasteiger partial charge in [-0.25, -0.2) is 0 Å². The van der Waals surface area contributed by atoms with E-state index in [1.54, 1.807) is 6.20 Å². The molecule has 35 heavy (non-hydrogen) atoms. The Morgan fingerprint density at radius 1 is 1.11 bits per heavy atom. The van der Waals surface area contributed by atoms with Crippen LogP contribution in [0.1, 0.15) is 41.4 Å². The minimum absolute atomic E-state index is 0.0540. The van der Waals surface area contributed by atoms with Crippen molar-refractivity contribution in [2.75, 3.05) is 24.7 Å². The first-order chi connectivity index (χ1) is 17.2. The third-order valence-corrected chi connectivity index (χ3v) is 7.78. The highest BCUT2D eigenvalue weighted by Crippen LogP contribution is 2.42. The second kappa shape index (κ2) is 7.92. The zero-order valence-electron chi connectivity index (χ0n) is 19.4. The Morgan fingerprint density at radius 3 is 2.63 bits per heavy atom. The molecule has 1 saturated carbocycles. The number of nitrogens with zero attached hydrogens (tertiary/aromatic N) is 3. The Hall–Kier alpha value is -3.71. The van der Waals surface area contributed by atoms with Gasteiger partial charge in [0.1, 0.15) is 0 Å². The van der Waals surface area contributed by atoms with Crippen LogP contribution >= 0.6 is 0 Å². The van der Waals surface area contributed by atoms with Crippen LogP contribution in [0.4, 0.5) is 5.69 Å². The molecular weight excluding hydrogens is 438 g/mol. The number of nitrogens with one attached hydrogen (secondary N) is 2. The summed E-state index contributed by atoms with van der Waals surface area (Å²) >= 11 is 0. The molecule has 1 atom stereocenters. The van der Waals surface area contributed by atoms with Gasteiger partial charge in [-0.1, -0.05) is 18.2 Å². The maximum atomic E-state index is 13.2. The number of H-pyrrole nitrogens is 1. The molecule has 2 aromatic heterocycles. The van der Waals surface area contributed by atoms with Crippen molar-refractivity contribution in [3.05, 3.63) is 78.1 Å². The van der Waals surface area contributed by atoms with Crippen molar-refractivity contribution in [2.24, 2.45) is 5.92 Å². The van der Waals surface area contributed by atoms with Crippen molar-refractivity contribution in [3.63, 3.8) is 0 Å². The largest absolute Gasteiger partial charge is 0.376 e. The molecule has 3 aliphatic rings. The highest BCUT2D eigenvalue weighted by atomic mass is 16.5. The van der Waals surface area contributed by atoms with Crippen molar-refractivity contribution in [3.8, 4) is 11.3 Å². The van der Waals surface area contributed by atoms with Gasteiger partial charge < -0.3 is 15.0 Å². The van der Waals surface area contributed by atoms with E-state index in [0.717, 1.165) is 60.5 Å². The quantitative estimate of drug-likeness (QED) is 0.439. The molecule has 1 amide bonds. The lowest BCUT2D eigenvalue weighted by atomic mass is 9.82. The fourth-order valence-electron chi connectivity index (χ4n) is 5.40. The molecule has 176 valence electrons. The van der Waals surface area contributed by atoms with Crippen molar-refractivity contribution in [1.29, 1.82) is 0 Å². The van der Waals surface area contributed by atoms with Crippen molar-refractivity contribution >= 4 is 22.5 Å². The van der Waals surface area contributed by atoms with Gasteiger partial charge in [-0.05, 0) is 67.6 Å². The van der Waals surface area contributed by atoms with Gasteiger partial charge in [-0.3, -0.25) is 14.9 Å². The maximum absolute atomic E-state index is 13.2. The Labute approximate surface area is 203 Å². The molecule has 2 aliphatic heterocycles. The van der Waals surface area contributed by atoms with Crippen LogP contribution in [0.3, 0.4) is 0 Å². The lowest BCUT2D eigenvalue weighted by Crippen LogP contribution is -2.71. The number of ether oxygens (including phenoxy) is 1. The molecule has 2 saturated heterocycles. The average molecular weight is 466 g/mol. The molecule has 4 heterocycles. The van der Waals surface area contributed by atoms with Crippen LogP contribution in [0.2, 0.25) is 0 Å². The summed E-state index contributed by atoms with van der Waals surface area (Å²) in [5.74, 6) is 0.375. The van der Waals surface area contributed by atoms with E-state index in [2.05, 4.69) is 49.7 Å². The zero-order chi connectivity index (χ0) is 23.4. The highest BCUT2D eigenvalue weighted by Gasteiger charge is 2.50. The van der Waals surface area contributed by atoms with Crippen LogP contribution in [0.5, 0.6) is 0 Å². The van der Waals surface area contributed by atoms with Gasteiger partial charge in [0.2, 0.25) is 0 Å². The summed E-state index contributed by atoms with van der Waals surface area (Å²) in [7, 11) is 0. The first-order valence-corrected chi connectivity index (χ1v) is 12.4. The van der Waals surface area contributed by atoms with Crippen molar-refractivity contribution in [2.45, 2.75) is 30.8 Å². The average Bonchev–Trinajstić information content (AvgIpc) is 3.60. The lowest BCUT2D eigenvalue weighted by Gasteiger charge is -2.58. The molecule has 1 spiro atoms. The Bertz CT molecular complexity index is 1380. The zero-order valence-corrected chi connectivity index (χ0v) is 19.4. The predicted molar refractivity (Wildman–Crippen MR) is 134 cm³/mol. The Balaban J connectivity index is 1.15. The number of hydrogen-bond donors (Lipinski definition) is 2. The Kier molecular flexibility index (Phi) is 4.67. The predicted octanol–water partition coefficient (Wildman–Crippen LogP) is 4.49. The number of hydrogen-bond acceptors (Lipinski definition) is 5. The summed E-state index contributed by atoms with van der Waals surface area (Å²) in [5.41, 5.74) is 5.80. The van der Waals surface area contributed by atoms with Gasteiger partial charge >= 0.3 is 0 Å². The number of fused-ring (bicyclic) bond motifs is 1. The standard InChI is InChI=1S/C28H27N5O2/c34-27(30-26(19-4-5-19)24-3-1-2-13-29-24)20-8-11-23-22(15-20)25(32-31-23)18-6-9-21(10-7-18)33-14-12-28(33)16-35-17-28/h1-3,6-11,13,15,19,26H,4-5,12,14,16-17H2,(H,30,34)(H,31,32)/t26-/m1/s1. The van der Waals surface area contributed by atoms with Gasteiger partial charge in [0, 0.05) is 34.9 Å². The van der Waals surface area contributed by atoms with Crippen LogP contribution in [0.25, 0.3) is 22.2 Å². The second-order valence-corrected chi connectivity index (χ2v) is 10.0. The first kappa shape index (κ1) is 20.6. The highest BCUT2D eigenvalue weighted by molar-refractivity contribution is 6.01. The van der Waals surface area contributed by atoms with Crippen LogP contribution in [-0.2, 0) is 4.74 Å². The normalized spacial score (nSPS) is 19.3. The monoisotopic (exact) mass is 465 g/mol. The van der Waals surface area contributed by atoms with Crippen molar-refractivity contribution < 1.29 is 9.53 Å². The first-order valence-electron chi connectivity index (χ1n) is 12.4. The van der Waals surface area contributed by atoms with Gasteiger partial charge in [0.05, 0.1) is 41.7 Å². The number of anilines is 1. The van der Waals surface area contributed by atoms with E-state index < -0.39 is 0 Å². The number of pyridine rings is 1. The SMILES string of the molecule is O=C(N[C@@H](c1ccccn1)C1CC1)c1ccc2[nH]nc(-c3ccc(N4CCC45COC5)cc3)c2c1. The molecular formula is C28H27N5O2. The molecule has 0 radical (unpaired) electrons. The van der Waals surface area contributed by atoms with Gasteiger partial charge in [-0.15, -0.1) is 0 Å². The molecule has 3 fully saturated rings. The molecule has 0 bridgehead atoms. The lowest BCUT2D eigenvalue weighted by molar-refractivity contribution is -0.0847. The smallest absolute Gasteiger partial charge is 0.251 e. The topological polar surface area (TPSA) is 83.1 Å².